The Morgan fingerprint density at radius 1 is 1.41 bits per heavy atom. The minimum atomic E-state index is -1.01. The molecule has 0 aliphatic rings. The van der Waals surface area contributed by atoms with E-state index in [1.165, 1.54) is 0 Å². The zero-order valence-electron chi connectivity index (χ0n) is 9.80. The third-order valence-corrected chi connectivity index (χ3v) is 2.57. The van der Waals surface area contributed by atoms with Crippen LogP contribution in [-0.2, 0) is 11.3 Å². The summed E-state index contributed by atoms with van der Waals surface area (Å²) in [6.07, 6.45) is 0.537. The molecule has 1 aromatic rings. The third kappa shape index (κ3) is 3.96. The second-order valence-corrected chi connectivity index (χ2v) is 3.83. The molecule has 0 saturated carbocycles. The number of hydrogen-bond acceptors (Lipinski definition) is 4. The van der Waals surface area contributed by atoms with E-state index in [-0.39, 0.29) is 0 Å². The lowest BCUT2D eigenvalue weighted by atomic mass is 10.1. The van der Waals surface area contributed by atoms with E-state index >= 15 is 0 Å². The number of amides is 1. The van der Waals surface area contributed by atoms with Crippen LogP contribution >= 0.6 is 0 Å². The molecule has 0 heterocycles. The molecule has 0 aromatic heterocycles. The van der Waals surface area contributed by atoms with Crippen molar-refractivity contribution in [1.29, 1.82) is 0 Å². The second-order valence-electron chi connectivity index (χ2n) is 3.83. The molecule has 0 fully saturated rings. The van der Waals surface area contributed by atoms with E-state index in [4.69, 9.17) is 5.73 Å². The fourth-order valence-corrected chi connectivity index (χ4v) is 1.43. The van der Waals surface area contributed by atoms with Gasteiger partial charge in [-0.1, -0.05) is 42.4 Å². The largest absolute Gasteiger partial charge is 0.350 e. The Kier molecular flexibility index (Phi) is 5.29. The molecule has 5 heteroatoms. The molecular formula is C12H17N3O2. The lowest BCUT2D eigenvalue weighted by molar-refractivity contribution is -0.122. The van der Waals surface area contributed by atoms with Crippen LogP contribution in [0.25, 0.3) is 0 Å². The summed E-state index contributed by atoms with van der Waals surface area (Å²) in [5, 5.41) is 5.44. The van der Waals surface area contributed by atoms with Crippen molar-refractivity contribution in [3.63, 3.8) is 0 Å². The Labute approximate surface area is 100 Å². The molecule has 0 aliphatic heterocycles. The van der Waals surface area contributed by atoms with E-state index in [0.717, 1.165) is 5.56 Å². The molecule has 5 nitrogen and oxygen atoms in total. The number of nitrogens with two attached hydrogens (primary N) is 1. The van der Waals surface area contributed by atoms with Crippen molar-refractivity contribution in [2.45, 2.75) is 32.0 Å². The SMILES string of the molecule is CC[C@H](N)C(N=O)C(=O)NCc1ccccc1. The van der Waals surface area contributed by atoms with Crippen LogP contribution in [0.5, 0.6) is 0 Å². The highest BCUT2D eigenvalue weighted by atomic mass is 16.3. The van der Waals surface area contributed by atoms with Gasteiger partial charge in [0.05, 0.1) is 0 Å². The van der Waals surface area contributed by atoms with Crippen molar-refractivity contribution in [3.8, 4) is 0 Å². The highest BCUT2D eigenvalue weighted by Gasteiger charge is 2.24. The molecule has 1 amide bonds. The van der Waals surface area contributed by atoms with Gasteiger partial charge in [-0.05, 0) is 12.0 Å². The summed E-state index contributed by atoms with van der Waals surface area (Å²) in [6.45, 7) is 2.19. The first-order valence-electron chi connectivity index (χ1n) is 5.58. The number of carbonyl (C=O) groups excluding carboxylic acids is 1. The average molecular weight is 235 g/mol. The summed E-state index contributed by atoms with van der Waals surface area (Å²) in [4.78, 5) is 22.2. The minimum absolute atomic E-state index is 0.377. The summed E-state index contributed by atoms with van der Waals surface area (Å²) in [5.41, 5.74) is 6.61. The van der Waals surface area contributed by atoms with Crippen LogP contribution < -0.4 is 11.1 Å². The fourth-order valence-electron chi connectivity index (χ4n) is 1.43. The predicted molar refractivity (Wildman–Crippen MR) is 66.1 cm³/mol. The van der Waals surface area contributed by atoms with Gasteiger partial charge in [0.15, 0.2) is 6.04 Å². The molecule has 1 aromatic carbocycles. The topological polar surface area (TPSA) is 84.5 Å². The van der Waals surface area contributed by atoms with Crippen molar-refractivity contribution in [3.05, 3.63) is 40.8 Å². The summed E-state index contributed by atoms with van der Waals surface area (Å²) < 4.78 is 0. The first-order chi connectivity index (χ1) is 8.19. The Morgan fingerprint density at radius 3 is 2.59 bits per heavy atom. The van der Waals surface area contributed by atoms with Gasteiger partial charge < -0.3 is 11.1 Å². The zero-order chi connectivity index (χ0) is 12.7. The number of carbonyl (C=O) groups is 1. The molecule has 17 heavy (non-hydrogen) atoms. The summed E-state index contributed by atoms with van der Waals surface area (Å²) in [6, 6.07) is 7.91. The van der Waals surface area contributed by atoms with Crippen molar-refractivity contribution in [1.82, 2.24) is 5.32 Å². The monoisotopic (exact) mass is 235 g/mol. The number of nitroso groups, excluding NO2 is 1. The molecule has 0 spiro atoms. The third-order valence-electron chi connectivity index (χ3n) is 2.57. The smallest absolute Gasteiger partial charge is 0.250 e. The van der Waals surface area contributed by atoms with Crippen LogP contribution in [0.3, 0.4) is 0 Å². The number of nitrogens with one attached hydrogen (secondary N) is 1. The number of nitrogens with zero attached hydrogens (tertiary/aromatic N) is 1. The first-order valence-corrected chi connectivity index (χ1v) is 5.58. The number of hydrogen-bond donors (Lipinski definition) is 2. The van der Waals surface area contributed by atoms with Crippen LogP contribution in [0.15, 0.2) is 35.5 Å². The number of rotatable bonds is 6. The molecule has 0 bridgehead atoms. The van der Waals surface area contributed by atoms with Crippen LogP contribution in [0.1, 0.15) is 18.9 Å². The molecule has 0 aliphatic carbocycles. The van der Waals surface area contributed by atoms with Crippen molar-refractivity contribution in [2.24, 2.45) is 10.9 Å². The molecule has 92 valence electrons. The maximum atomic E-state index is 11.7. The van der Waals surface area contributed by atoms with Crippen molar-refractivity contribution >= 4 is 5.91 Å². The Balaban J connectivity index is 2.51. The van der Waals surface area contributed by atoms with Crippen LogP contribution in [-0.4, -0.2) is 18.0 Å². The molecule has 1 unspecified atom stereocenters. The van der Waals surface area contributed by atoms with E-state index in [0.29, 0.717) is 13.0 Å². The fraction of sp³-hybridized carbons (Fsp3) is 0.417. The van der Waals surface area contributed by atoms with Gasteiger partial charge in [0.2, 0.25) is 5.91 Å². The second kappa shape index (κ2) is 6.75. The number of benzene rings is 1. The van der Waals surface area contributed by atoms with E-state index in [2.05, 4.69) is 10.5 Å². The van der Waals surface area contributed by atoms with Crippen molar-refractivity contribution in [2.75, 3.05) is 0 Å². The quantitative estimate of drug-likeness (QED) is 0.726. The van der Waals surface area contributed by atoms with Gasteiger partial charge in [0, 0.05) is 12.6 Å². The molecule has 2 atom stereocenters. The van der Waals surface area contributed by atoms with Crippen LogP contribution in [0, 0.1) is 4.91 Å². The van der Waals surface area contributed by atoms with Crippen molar-refractivity contribution < 1.29 is 4.79 Å². The maximum Gasteiger partial charge on any atom is 0.250 e. The van der Waals surface area contributed by atoms with Gasteiger partial charge in [-0.2, -0.15) is 0 Å². The van der Waals surface area contributed by atoms with Crippen LogP contribution in [0.4, 0.5) is 0 Å². The van der Waals surface area contributed by atoms with Gasteiger partial charge in [0.1, 0.15) is 0 Å². The Hall–Kier alpha value is -1.75. The molecule has 3 N–H and O–H groups in total. The maximum absolute atomic E-state index is 11.7. The van der Waals surface area contributed by atoms with Gasteiger partial charge in [-0.15, -0.1) is 4.91 Å². The van der Waals surface area contributed by atoms with E-state index in [1.807, 2.05) is 37.3 Å². The van der Waals surface area contributed by atoms with Gasteiger partial charge in [-0.3, -0.25) is 4.79 Å². The molecule has 1 rings (SSSR count). The highest BCUT2D eigenvalue weighted by Crippen LogP contribution is 2.02. The minimum Gasteiger partial charge on any atom is -0.350 e. The molecule has 0 saturated heterocycles. The van der Waals surface area contributed by atoms with Gasteiger partial charge in [-0.25, -0.2) is 0 Å². The lowest BCUT2D eigenvalue weighted by Gasteiger charge is -2.15. The standard InChI is InChI=1S/C12H17N3O2/c1-2-10(13)11(15-17)12(16)14-8-9-6-4-3-5-7-9/h3-7,10-11H,2,8,13H2,1H3,(H,14,16)/t10-,11?/m0/s1. The Bertz CT molecular complexity index is 367. The predicted octanol–water partition coefficient (Wildman–Crippen LogP) is 1.18. The normalized spacial score (nSPS) is 13.8. The lowest BCUT2D eigenvalue weighted by Crippen LogP contribution is -2.44. The molecule has 0 radical (unpaired) electrons. The van der Waals surface area contributed by atoms with E-state index < -0.39 is 18.0 Å². The van der Waals surface area contributed by atoms with E-state index in [1.54, 1.807) is 0 Å². The van der Waals surface area contributed by atoms with Crippen LogP contribution in [0.2, 0.25) is 0 Å². The summed E-state index contributed by atoms with van der Waals surface area (Å²) in [7, 11) is 0. The summed E-state index contributed by atoms with van der Waals surface area (Å²) >= 11 is 0. The van der Waals surface area contributed by atoms with E-state index in [9.17, 15) is 9.70 Å². The average Bonchev–Trinajstić information content (AvgIpc) is 2.38. The van der Waals surface area contributed by atoms with Gasteiger partial charge >= 0.3 is 0 Å². The van der Waals surface area contributed by atoms with Gasteiger partial charge in [0.25, 0.3) is 0 Å². The first kappa shape index (κ1) is 13.3. The summed E-state index contributed by atoms with van der Waals surface area (Å²) in [5.74, 6) is -0.418. The molecular weight excluding hydrogens is 218 g/mol. The Morgan fingerprint density at radius 2 is 2.06 bits per heavy atom. The zero-order valence-corrected chi connectivity index (χ0v) is 9.80. The highest BCUT2D eigenvalue weighted by molar-refractivity contribution is 5.82.